The molecule has 0 spiro atoms. The highest BCUT2D eigenvalue weighted by atomic mass is 19.1. The van der Waals surface area contributed by atoms with Gasteiger partial charge in [0.15, 0.2) is 0 Å². The molecule has 30 heavy (non-hydrogen) atoms. The maximum atomic E-state index is 13.2. The minimum absolute atomic E-state index is 0.0388. The summed E-state index contributed by atoms with van der Waals surface area (Å²) in [6, 6.07) is 13.4. The molecule has 1 aliphatic heterocycles. The van der Waals surface area contributed by atoms with Gasteiger partial charge < -0.3 is 15.0 Å². The molecule has 1 fully saturated rings. The van der Waals surface area contributed by atoms with Crippen molar-refractivity contribution in [3.05, 3.63) is 65.6 Å². The standard InChI is InChI=1S/C23H26FN3O3/c1-16-12-26(15-30-23-7-5-4-6-21(23)25-18(3)29)17(2)22(14-28)27(16)13-19-8-10-20(24)11-9-19/h4-11,16-17H,12-13,15H2,1-3H3,(H,25,29)/t16-,17+/m0/s1. The minimum atomic E-state index is -0.284. The van der Waals surface area contributed by atoms with Crippen LogP contribution in [0.3, 0.4) is 0 Å². The number of halogens is 1. The molecule has 0 aliphatic carbocycles. The second-order valence-electron chi connectivity index (χ2n) is 7.49. The molecule has 2 aromatic carbocycles. The van der Waals surface area contributed by atoms with Crippen LogP contribution >= 0.6 is 0 Å². The van der Waals surface area contributed by atoms with Gasteiger partial charge in [0, 0.05) is 26.1 Å². The number of anilines is 1. The Balaban J connectivity index is 1.70. The molecule has 1 saturated heterocycles. The summed E-state index contributed by atoms with van der Waals surface area (Å²) in [7, 11) is 0. The van der Waals surface area contributed by atoms with Gasteiger partial charge in [0.05, 0.1) is 11.7 Å². The monoisotopic (exact) mass is 411 g/mol. The average molecular weight is 411 g/mol. The minimum Gasteiger partial charge on any atom is -0.476 e. The van der Waals surface area contributed by atoms with Crippen LogP contribution in [-0.4, -0.2) is 47.0 Å². The van der Waals surface area contributed by atoms with Gasteiger partial charge in [-0.05, 0) is 43.7 Å². The van der Waals surface area contributed by atoms with Gasteiger partial charge in [-0.2, -0.15) is 0 Å². The number of carbonyl (C=O) groups is 1. The Morgan fingerprint density at radius 3 is 2.57 bits per heavy atom. The summed E-state index contributed by atoms with van der Waals surface area (Å²) in [5, 5.41) is 2.75. The fourth-order valence-corrected chi connectivity index (χ4v) is 3.62. The van der Waals surface area contributed by atoms with E-state index in [-0.39, 0.29) is 30.5 Å². The molecule has 0 saturated carbocycles. The van der Waals surface area contributed by atoms with Gasteiger partial charge in [-0.15, -0.1) is 0 Å². The van der Waals surface area contributed by atoms with Crippen molar-refractivity contribution >= 4 is 17.5 Å². The highest BCUT2D eigenvalue weighted by Crippen LogP contribution is 2.28. The van der Waals surface area contributed by atoms with Crippen molar-refractivity contribution in [1.29, 1.82) is 0 Å². The molecule has 2 atom stereocenters. The number of para-hydroxylation sites is 2. The summed E-state index contributed by atoms with van der Waals surface area (Å²) in [4.78, 5) is 27.2. The number of nitrogens with one attached hydrogen (secondary N) is 1. The maximum Gasteiger partial charge on any atom is 0.221 e. The topological polar surface area (TPSA) is 61.9 Å². The molecule has 2 aromatic rings. The van der Waals surface area contributed by atoms with Crippen LogP contribution in [0.2, 0.25) is 0 Å². The molecule has 3 rings (SSSR count). The number of piperazine rings is 1. The van der Waals surface area contributed by atoms with Gasteiger partial charge >= 0.3 is 0 Å². The predicted octanol–water partition coefficient (Wildman–Crippen LogP) is 3.43. The first-order valence-electron chi connectivity index (χ1n) is 9.88. The van der Waals surface area contributed by atoms with Crippen LogP contribution in [0.5, 0.6) is 5.75 Å². The Labute approximate surface area is 175 Å². The largest absolute Gasteiger partial charge is 0.476 e. The molecule has 0 bridgehead atoms. The first-order valence-corrected chi connectivity index (χ1v) is 9.88. The van der Waals surface area contributed by atoms with Crippen molar-refractivity contribution in [3.63, 3.8) is 0 Å². The van der Waals surface area contributed by atoms with Gasteiger partial charge in [-0.1, -0.05) is 24.3 Å². The van der Waals surface area contributed by atoms with Gasteiger partial charge in [0.2, 0.25) is 5.91 Å². The fourth-order valence-electron chi connectivity index (χ4n) is 3.62. The van der Waals surface area contributed by atoms with E-state index in [0.29, 0.717) is 30.2 Å². The van der Waals surface area contributed by atoms with E-state index >= 15 is 0 Å². The number of benzene rings is 2. The summed E-state index contributed by atoms with van der Waals surface area (Å²) >= 11 is 0. The van der Waals surface area contributed by atoms with Gasteiger partial charge in [0.25, 0.3) is 0 Å². The van der Waals surface area contributed by atoms with Crippen LogP contribution in [0.4, 0.5) is 10.1 Å². The van der Waals surface area contributed by atoms with Crippen LogP contribution in [0.1, 0.15) is 26.3 Å². The van der Waals surface area contributed by atoms with E-state index in [9.17, 15) is 14.0 Å². The molecular formula is C23H26FN3O3. The van der Waals surface area contributed by atoms with E-state index < -0.39 is 0 Å². The number of hydrogen-bond donors (Lipinski definition) is 1. The molecule has 158 valence electrons. The zero-order valence-electron chi connectivity index (χ0n) is 17.4. The Morgan fingerprint density at radius 1 is 1.20 bits per heavy atom. The molecule has 0 aromatic heterocycles. The summed E-state index contributed by atoms with van der Waals surface area (Å²) in [6.45, 7) is 6.86. The van der Waals surface area contributed by atoms with E-state index in [1.54, 1.807) is 24.3 Å². The quantitative estimate of drug-likeness (QED) is 0.738. The smallest absolute Gasteiger partial charge is 0.221 e. The molecule has 0 radical (unpaired) electrons. The number of amides is 1. The van der Waals surface area contributed by atoms with Crippen LogP contribution in [0.15, 0.2) is 54.2 Å². The Bertz CT molecular complexity index is 941. The highest BCUT2D eigenvalue weighted by Gasteiger charge is 2.34. The lowest BCUT2D eigenvalue weighted by molar-refractivity contribution is -0.114. The molecule has 1 aliphatic rings. The third-order valence-corrected chi connectivity index (χ3v) is 5.24. The fraction of sp³-hybridized carbons (Fsp3) is 0.348. The van der Waals surface area contributed by atoms with Gasteiger partial charge in [0.1, 0.15) is 29.9 Å². The third-order valence-electron chi connectivity index (χ3n) is 5.24. The SMILES string of the molecule is CC(=O)Nc1ccccc1OCN1C[C@H](C)N(Cc2ccc(F)cc2)C(=C=O)[C@H]1C. The van der Waals surface area contributed by atoms with Crippen LogP contribution in [-0.2, 0) is 16.1 Å². The first-order chi connectivity index (χ1) is 14.4. The number of carbonyl (C=O) groups excluding carboxylic acids is 2. The van der Waals surface area contributed by atoms with Crippen molar-refractivity contribution < 1.29 is 18.7 Å². The lowest BCUT2D eigenvalue weighted by atomic mass is 10.0. The molecule has 0 unspecified atom stereocenters. The van der Waals surface area contributed by atoms with Crippen molar-refractivity contribution in [2.45, 2.75) is 39.4 Å². The van der Waals surface area contributed by atoms with E-state index in [0.717, 1.165) is 5.56 Å². The molecule has 1 N–H and O–H groups in total. The van der Waals surface area contributed by atoms with Gasteiger partial charge in [-0.3, -0.25) is 9.69 Å². The molecule has 6 nitrogen and oxygen atoms in total. The highest BCUT2D eigenvalue weighted by molar-refractivity contribution is 5.90. The molecule has 1 heterocycles. The normalized spacial score (nSPS) is 19.3. The van der Waals surface area contributed by atoms with Crippen LogP contribution in [0, 0.1) is 5.82 Å². The van der Waals surface area contributed by atoms with Crippen LogP contribution in [0.25, 0.3) is 0 Å². The summed E-state index contributed by atoms with van der Waals surface area (Å²) in [5.74, 6) is 2.21. The summed E-state index contributed by atoms with van der Waals surface area (Å²) < 4.78 is 19.2. The second-order valence-corrected chi connectivity index (χ2v) is 7.49. The number of ether oxygens (including phenoxy) is 1. The summed E-state index contributed by atoms with van der Waals surface area (Å²) in [6.07, 6.45) is 0. The molecule has 7 heteroatoms. The van der Waals surface area contributed by atoms with Crippen molar-refractivity contribution in [2.24, 2.45) is 0 Å². The molecular weight excluding hydrogens is 385 g/mol. The maximum absolute atomic E-state index is 13.2. The van der Waals surface area contributed by atoms with Crippen molar-refractivity contribution in [2.75, 3.05) is 18.6 Å². The van der Waals surface area contributed by atoms with Crippen LogP contribution < -0.4 is 10.1 Å². The van der Waals surface area contributed by atoms with Gasteiger partial charge in [-0.25, -0.2) is 9.18 Å². The number of rotatable bonds is 6. The van der Waals surface area contributed by atoms with E-state index in [4.69, 9.17) is 4.74 Å². The number of hydrogen-bond acceptors (Lipinski definition) is 5. The van der Waals surface area contributed by atoms with Crippen molar-refractivity contribution in [1.82, 2.24) is 9.80 Å². The Hall–Kier alpha value is -3.15. The average Bonchev–Trinajstić information content (AvgIpc) is 2.72. The third kappa shape index (κ3) is 5.06. The number of nitrogens with zero attached hydrogens (tertiary/aromatic N) is 2. The van der Waals surface area contributed by atoms with Crippen molar-refractivity contribution in [3.8, 4) is 5.75 Å². The lowest BCUT2D eigenvalue weighted by Crippen LogP contribution is -2.55. The molecule has 1 amide bonds. The zero-order valence-corrected chi connectivity index (χ0v) is 17.4. The van der Waals surface area contributed by atoms with E-state index in [1.807, 2.05) is 30.9 Å². The summed E-state index contributed by atoms with van der Waals surface area (Å²) in [5.41, 5.74) is 2.07. The first kappa shape index (κ1) is 21.6. The zero-order chi connectivity index (χ0) is 21.7. The Morgan fingerprint density at radius 2 is 1.90 bits per heavy atom. The van der Waals surface area contributed by atoms with E-state index in [1.165, 1.54) is 19.1 Å². The predicted molar refractivity (Wildman–Crippen MR) is 113 cm³/mol. The second kappa shape index (κ2) is 9.57. The van der Waals surface area contributed by atoms with E-state index in [2.05, 4.69) is 16.2 Å². The lowest BCUT2D eigenvalue weighted by Gasteiger charge is -2.45. The Kier molecular flexibility index (Phi) is 6.87.